The summed E-state index contributed by atoms with van der Waals surface area (Å²) in [6.07, 6.45) is -23.5. The lowest BCUT2D eigenvalue weighted by Gasteiger charge is -2.20. The quantitative estimate of drug-likeness (QED) is 0.0189. The van der Waals surface area contributed by atoms with Crippen LogP contribution in [0.25, 0.3) is 11.1 Å². The maximum Gasteiger partial charge on any atom is 0.450 e. The molecule has 7 aromatic rings. The van der Waals surface area contributed by atoms with E-state index in [1.54, 1.807) is 74.4 Å². The Balaban J connectivity index is 0.000000739. The number of hydrogen-bond acceptors (Lipinski definition) is 14. The number of nitrogens with zero attached hydrogens (tertiary/aromatic N) is 9. The molecule has 0 unspecified atom stereocenters. The summed E-state index contributed by atoms with van der Waals surface area (Å²) >= 11 is 2.94. The number of halogens is 19. The predicted octanol–water partition coefficient (Wildman–Crippen LogP) is 16.2. The summed E-state index contributed by atoms with van der Waals surface area (Å²) in [6.45, 7) is 15.7. The van der Waals surface area contributed by atoms with Crippen LogP contribution in [0.4, 0.5) is 79.0 Å². The Morgan fingerprint density at radius 2 is 0.973 bits per heavy atom. The molecule has 0 radical (unpaired) electrons. The fourth-order valence-electron chi connectivity index (χ4n) is 9.06. The van der Waals surface area contributed by atoms with Crippen LogP contribution in [0, 0.1) is 23.4 Å². The van der Waals surface area contributed by atoms with Gasteiger partial charge in [0, 0.05) is 41.8 Å². The van der Waals surface area contributed by atoms with Gasteiger partial charge in [0.25, 0.3) is 5.91 Å². The molecular formula is C69H79BrF18N10O12. The molecule has 5 aromatic heterocycles. The minimum atomic E-state index is -4.88. The molecule has 22 nitrogen and oxygen atoms in total. The first-order valence-electron chi connectivity index (χ1n) is 32.0. The van der Waals surface area contributed by atoms with Gasteiger partial charge in [-0.3, -0.25) is 52.7 Å². The Bertz CT molecular complexity index is 4150. The normalized spacial score (nSPS) is 11.9. The molecule has 0 aliphatic carbocycles. The highest BCUT2D eigenvalue weighted by molar-refractivity contribution is 9.09. The highest BCUT2D eigenvalue weighted by Gasteiger charge is 2.41. The summed E-state index contributed by atoms with van der Waals surface area (Å²) in [4.78, 5) is 91.8. The number of carboxylic acid groups (broad SMARTS) is 3. The Hall–Kier alpha value is -9.99. The molecule has 0 aliphatic heterocycles. The predicted molar refractivity (Wildman–Crippen MR) is 361 cm³/mol. The Morgan fingerprint density at radius 3 is 1.32 bits per heavy atom. The number of alkyl halides is 16. The molecule has 1 atom stereocenters. The lowest BCUT2D eigenvalue weighted by molar-refractivity contribution is -0.172. The molecule has 110 heavy (non-hydrogen) atoms. The molecule has 41 heteroatoms. The number of carbonyl (C=O) groups excluding carboxylic acids is 5. The number of nitrogens with two attached hydrogens (primary N) is 1. The van der Waals surface area contributed by atoms with E-state index in [9.17, 15) is 117 Å². The number of primary amides is 1. The number of esters is 1. The maximum absolute atomic E-state index is 14.2. The van der Waals surface area contributed by atoms with E-state index in [1.807, 2.05) is 0 Å². The number of carboxylic acids is 3. The summed E-state index contributed by atoms with van der Waals surface area (Å²) < 4.78 is 237. The molecule has 2 aromatic carbocycles. The van der Waals surface area contributed by atoms with Crippen molar-refractivity contribution < 1.29 is 137 Å². The van der Waals surface area contributed by atoms with Crippen LogP contribution in [-0.2, 0) is 95.6 Å². The third-order valence-corrected chi connectivity index (χ3v) is 14.7. The van der Waals surface area contributed by atoms with Gasteiger partial charge in [-0.1, -0.05) is 105 Å². The fraction of sp³-hybridized carbons (Fsp3) is 0.464. The number of aliphatic carboxylic acids is 3. The first-order valence-corrected chi connectivity index (χ1v) is 33.2. The van der Waals surface area contributed by atoms with Crippen LogP contribution in [0.2, 0.25) is 0 Å². The van der Waals surface area contributed by atoms with Crippen LogP contribution in [0.3, 0.4) is 0 Å². The monoisotopic (exact) mass is 1660 g/mol. The minimum Gasteiger partial charge on any atom is -0.480 e. The second-order valence-electron chi connectivity index (χ2n) is 24.8. The smallest absolute Gasteiger partial charge is 0.450 e. The Labute approximate surface area is 625 Å². The van der Waals surface area contributed by atoms with Gasteiger partial charge in [-0.2, -0.15) is 86.3 Å². The van der Waals surface area contributed by atoms with E-state index < -0.39 is 157 Å². The van der Waals surface area contributed by atoms with Gasteiger partial charge in [0.05, 0.1) is 41.4 Å². The van der Waals surface area contributed by atoms with Gasteiger partial charge in [-0.25, -0.2) is 22.5 Å². The number of hydrogen-bond donors (Lipinski definition) is 4. The summed E-state index contributed by atoms with van der Waals surface area (Å²) in [5.74, 6) is -13.3. The van der Waals surface area contributed by atoms with E-state index in [-0.39, 0.29) is 89.5 Å². The van der Waals surface area contributed by atoms with Gasteiger partial charge in [-0.15, -0.1) is 0 Å². The molecule has 0 saturated carbocycles. The van der Waals surface area contributed by atoms with Gasteiger partial charge < -0.3 is 25.8 Å². The van der Waals surface area contributed by atoms with Crippen molar-refractivity contribution in [2.75, 3.05) is 11.9 Å². The molecule has 5 heterocycles. The Kier molecular flexibility index (Phi) is 37.7. The van der Waals surface area contributed by atoms with Gasteiger partial charge in [0.15, 0.2) is 11.5 Å². The van der Waals surface area contributed by atoms with Crippen LogP contribution in [0.5, 0.6) is 0 Å². The zero-order chi connectivity index (χ0) is 83.9. The van der Waals surface area contributed by atoms with Crippen molar-refractivity contribution in [2.24, 2.45) is 11.7 Å². The van der Waals surface area contributed by atoms with Crippen molar-refractivity contribution in [3.63, 3.8) is 0 Å². The number of ketones is 3. The van der Waals surface area contributed by atoms with Gasteiger partial charge in [0.1, 0.15) is 71.8 Å². The summed E-state index contributed by atoms with van der Waals surface area (Å²) in [5.41, 5.74) is 2.71. The first-order chi connectivity index (χ1) is 49.9. The lowest BCUT2D eigenvalue weighted by atomic mass is 9.86. The van der Waals surface area contributed by atoms with E-state index in [4.69, 9.17) is 21.1 Å². The van der Waals surface area contributed by atoms with Gasteiger partial charge in [0.2, 0.25) is 5.78 Å². The molecule has 610 valence electrons. The number of aromatic nitrogens is 9. The SMILES string of the molecule is C.CC(C)C(=O)CC(=O)C(F)(F)F.CC(C)c1cc(C(F)(F)F)n(CC(=O)C[C@@H](Cc2cc(F)cc(F)c2)c2ncccc2-c2ccc(F)c(C(N)=O)c2)n1.CC(C)c1cc(C(F)(F)F)n(CC(=O)O)n1.CC(C)c1cc(C(F)(F)F)n(CC(=O)O)n1.CC(C)c1cc(C(F)(F)F)nn1CC(=O)O.CCOC(=O)CBr. The maximum atomic E-state index is 14.2. The average molecular weight is 1660 g/mol. The van der Waals surface area contributed by atoms with Crippen LogP contribution >= 0.6 is 15.9 Å². The molecule has 0 bridgehead atoms. The van der Waals surface area contributed by atoms with Crippen molar-refractivity contribution in [1.82, 2.24) is 44.1 Å². The fourth-order valence-corrected chi connectivity index (χ4v) is 9.23. The third kappa shape index (κ3) is 32.3. The summed E-state index contributed by atoms with van der Waals surface area (Å²) in [6, 6.07) is 13.2. The zero-order valence-corrected chi connectivity index (χ0v) is 61.2. The van der Waals surface area contributed by atoms with Crippen molar-refractivity contribution in [2.45, 2.75) is 190 Å². The average Bonchev–Trinajstić information content (AvgIpc) is 1.10. The van der Waals surface area contributed by atoms with Crippen LogP contribution in [-0.4, -0.2) is 125 Å². The summed E-state index contributed by atoms with van der Waals surface area (Å²) in [5, 5.41) is 40.3. The number of carbonyl (C=O) groups is 8. The molecule has 0 saturated heterocycles. The van der Waals surface area contributed by atoms with Gasteiger partial charge >= 0.3 is 54.8 Å². The number of amides is 1. The van der Waals surface area contributed by atoms with Gasteiger partial charge in [-0.05, 0) is 103 Å². The minimum absolute atomic E-state index is 0. The number of benzene rings is 2. The highest BCUT2D eigenvalue weighted by atomic mass is 79.9. The topological polar surface area (TPSA) is 317 Å². The van der Waals surface area contributed by atoms with E-state index in [0.717, 1.165) is 47.1 Å². The van der Waals surface area contributed by atoms with Crippen molar-refractivity contribution in [3.05, 3.63) is 159 Å². The number of pyridine rings is 1. The molecule has 7 rings (SSSR count). The van der Waals surface area contributed by atoms with Crippen molar-refractivity contribution in [1.29, 1.82) is 0 Å². The largest absolute Gasteiger partial charge is 0.480 e. The zero-order valence-electron chi connectivity index (χ0n) is 59.6. The second kappa shape index (κ2) is 42.3. The van der Waals surface area contributed by atoms with E-state index in [1.165, 1.54) is 32.2 Å². The molecule has 5 N–H and O–H groups in total. The highest BCUT2D eigenvalue weighted by Crippen LogP contribution is 2.38. The molecule has 1 amide bonds. The van der Waals surface area contributed by atoms with Crippen molar-refractivity contribution >= 4 is 63.1 Å². The number of rotatable bonds is 24. The molecule has 0 spiro atoms. The lowest BCUT2D eigenvalue weighted by Crippen LogP contribution is -2.26. The third-order valence-electron chi connectivity index (χ3n) is 14.3. The van der Waals surface area contributed by atoms with E-state index in [0.29, 0.717) is 43.2 Å². The van der Waals surface area contributed by atoms with Crippen LogP contribution < -0.4 is 5.73 Å². The summed E-state index contributed by atoms with van der Waals surface area (Å²) in [7, 11) is 0. The van der Waals surface area contributed by atoms with E-state index >= 15 is 0 Å². The van der Waals surface area contributed by atoms with E-state index in [2.05, 4.69) is 46.0 Å². The van der Waals surface area contributed by atoms with Crippen LogP contribution in [0.1, 0.15) is 193 Å². The second-order valence-corrected chi connectivity index (χ2v) is 25.4. The number of Topliss-reactive ketones (excluding diaryl/α,β-unsaturated/α-hetero) is 3. The molecule has 0 aliphatic rings. The molecular weight excluding hydrogens is 1580 g/mol. The first kappa shape index (κ1) is 98.0. The molecule has 0 fully saturated rings. The van der Waals surface area contributed by atoms with Crippen LogP contribution in [0.15, 0.2) is 79.0 Å². The standard InChI is InChI=1S/C30H26F6N4O2.3C9H11F3N2O2.C7H9F3O2.C4H7BrO2.CH4/c1-16(2)26-14-27(30(34,35)36)40(39-26)15-22(41)11-19(8-17-9-20(31)13-21(32)10-17)28-23(4-3-7-38-28)18-5-6-25(33)24(12-18)29(37)42;1-5(2)6-3-7(9(10,11)12)13-14(6)4-8(15)16;2*1-5(2)6-3-7(9(10,11)12)14(13-6)4-8(15)16;1-4(2)5(11)3-6(12)7(8,9)10;1-2-7-4(6)3-5;/h3-7,9-10,12-14,16,19H,8,11,15H2,1-2H3,(H2,37,42);3*3,5H,4H2,1-2H3,(H,15,16);4H,3H2,1-2H3;2-3H2,1H3;1H4/t19-;;;;;;/m1....../s1. The Morgan fingerprint density at radius 1 is 0.545 bits per heavy atom. The van der Waals surface area contributed by atoms with Crippen molar-refractivity contribution in [3.8, 4) is 11.1 Å². The number of ether oxygens (including phenoxy) is 1.